The van der Waals surface area contributed by atoms with Gasteiger partial charge in [0.15, 0.2) is 0 Å². The summed E-state index contributed by atoms with van der Waals surface area (Å²) < 4.78 is 9.08. The number of hydrogen-bond donors (Lipinski definition) is 5. The molecule has 0 bridgehead atoms. The van der Waals surface area contributed by atoms with Crippen LogP contribution in [0.1, 0.15) is 44.3 Å². The summed E-state index contributed by atoms with van der Waals surface area (Å²) in [7, 11) is 2.50. The zero-order valence-corrected chi connectivity index (χ0v) is 27.2. The second-order valence-electron chi connectivity index (χ2n) is 11.5. The van der Waals surface area contributed by atoms with Crippen molar-refractivity contribution in [3.63, 3.8) is 0 Å². The maximum Gasteiger partial charge on any atom is 0.407 e. The van der Waals surface area contributed by atoms with Crippen LogP contribution in [-0.4, -0.2) is 82.7 Å². The van der Waals surface area contributed by atoms with Gasteiger partial charge in [-0.05, 0) is 47.9 Å². The molecule has 0 aliphatic heterocycles. The number of ether oxygens (including phenoxy) is 2. The average Bonchev–Trinajstić information content (AvgIpc) is 3.78. The van der Waals surface area contributed by atoms with Crippen molar-refractivity contribution in [2.24, 2.45) is 0 Å². The smallest absolute Gasteiger partial charge is 0.407 e. The molecule has 2 aromatic heterocycles. The van der Waals surface area contributed by atoms with Gasteiger partial charge in [0.2, 0.25) is 11.8 Å². The maximum absolute atomic E-state index is 12.6. The molecule has 14 nitrogen and oxygen atoms in total. The van der Waals surface area contributed by atoms with Crippen molar-refractivity contribution in [1.82, 2.24) is 40.8 Å². The molecule has 0 unspecified atom stereocenters. The van der Waals surface area contributed by atoms with E-state index in [1.807, 2.05) is 55.5 Å². The molecule has 4 amide bonds. The molecule has 5 N–H and O–H groups in total. The zero-order chi connectivity index (χ0) is 34.1. The number of alkyl carbamates (subject to hydrolysis) is 2. The van der Waals surface area contributed by atoms with E-state index in [0.29, 0.717) is 24.7 Å². The van der Waals surface area contributed by atoms with E-state index in [4.69, 9.17) is 0 Å². The fourth-order valence-corrected chi connectivity index (χ4v) is 5.55. The van der Waals surface area contributed by atoms with Gasteiger partial charge in [0.05, 0.1) is 50.1 Å². The van der Waals surface area contributed by atoms with Crippen molar-refractivity contribution in [1.29, 1.82) is 0 Å². The SMILES string of the molecule is CCCN(Cc1ncc(-c2ccc(-c3ccc(-c4cnc(C5(NC(=O)CNC(=O)OC)CCC5)[nH]4)cc3)cc2)[nH]1)C(=O)CNC(=O)OC. The van der Waals surface area contributed by atoms with Crippen LogP contribution in [0.25, 0.3) is 33.6 Å². The summed E-state index contributed by atoms with van der Waals surface area (Å²) in [6, 6.07) is 16.3. The quantitative estimate of drug-likeness (QED) is 0.143. The van der Waals surface area contributed by atoms with Crippen molar-refractivity contribution >= 4 is 24.0 Å². The molecule has 5 rings (SSSR count). The normalized spacial score (nSPS) is 13.1. The standard InChI is InChI=1S/C34H40N8O6/c1-4-16-42(30(44)20-38-33(46)48-3)21-28-35-17-26(39-28)24-10-6-22(7-11-24)23-8-12-25(13-9-23)27-18-36-31(40-27)34(14-5-15-34)41-29(43)19-37-32(45)47-2/h6-13,17-18H,4-5,14-16,19-21H2,1-3H3,(H,35,39)(H,36,40)(H,37,45)(H,38,46)(H,41,43). The zero-order valence-electron chi connectivity index (χ0n) is 27.2. The summed E-state index contributed by atoms with van der Waals surface area (Å²) in [5.74, 6) is 0.809. The monoisotopic (exact) mass is 656 g/mol. The van der Waals surface area contributed by atoms with Crippen LogP contribution in [0.15, 0.2) is 60.9 Å². The van der Waals surface area contributed by atoms with E-state index in [9.17, 15) is 19.2 Å². The summed E-state index contributed by atoms with van der Waals surface area (Å²) in [6.07, 6.45) is 5.45. The van der Waals surface area contributed by atoms with Crippen LogP contribution < -0.4 is 16.0 Å². The molecule has 0 radical (unpaired) electrons. The Morgan fingerprint density at radius 2 is 1.33 bits per heavy atom. The number of nitrogens with one attached hydrogen (secondary N) is 5. The summed E-state index contributed by atoms with van der Waals surface area (Å²) >= 11 is 0. The summed E-state index contributed by atoms with van der Waals surface area (Å²) in [5, 5.41) is 7.86. The predicted octanol–water partition coefficient (Wildman–Crippen LogP) is 4.08. The Labute approximate surface area is 278 Å². The van der Waals surface area contributed by atoms with Crippen LogP contribution in [0.3, 0.4) is 0 Å². The van der Waals surface area contributed by atoms with E-state index >= 15 is 0 Å². The number of aromatic nitrogens is 4. The van der Waals surface area contributed by atoms with Crippen molar-refractivity contribution in [2.45, 2.75) is 44.7 Å². The molecule has 2 aromatic carbocycles. The Hall–Kier alpha value is -5.66. The van der Waals surface area contributed by atoms with Gasteiger partial charge in [-0.1, -0.05) is 55.5 Å². The highest BCUT2D eigenvalue weighted by Crippen LogP contribution is 2.40. The Morgan fingerprint density at radius 3 is 1.88 bits per heavy atom. The third-order valence-corrected chi connectivity index (χ3v) is 8.30. The van der Waals surface area contributed by atoms with Crippen LogP contribution in [0, 0.1) is 0 Å². The van der Waals surface area contributed by atoms with E-state index in [-0.39, 0.29) is 24.9 Å². The number of rotatable bonds is 13. The lowest BCUT2D eigenvalue weighted by molar-refractivity contribution is -0.131. The highest BCUT2D eigenvalue weighted by atomic mass is 16.5. The van der Waals surface area contributed by atoms with Gasteiger partial charge in [0, 0.05) is 6.54 Å². The lowest BCUT2D eigenvalue weighted by Gasteiger charge is -2.40. The number of imidazole rings is 2. The second kappa shape index (κ2) is 15.3. The topological polar surface area (TPSA) is 183 Å². The van der Waals surface area contributed by atoms with Gasteiger partial charge in [-0.2, -0.15) is 0 Å². The van der Waals surface area contributed by atoms with Crippen molar-refractivity contribution in [3.8, 4) is 33.6 Å². The van der Waals surface area contributed by atoms with Crippen LogP contribution in [0.4, 0.5) is 9.59 Å². The van der Waals surface area contributed by atoms with Gasteiger partial charge in [-0.3, -0.25) is 9.59 Å². The van der Waals surface area contributed by atoms with Crippen LogP contribution in [0.2, 0.25) is 0 Å². The van der Waals surface area contributed by atoms with Gasteiger partial charge < -0.3 is 40.3 Å². The lowest BCUT2D eigenvalue weighted by Crippen LogP contribution is -2.53. The number of carbonyl (C=O) groups excluding carboxylic acids is 4. The van der Waals surface area contributed by atoms with Crippen LogP contribution in [0.5, 0.6) is 0 Å². The minimum atomic E-state index is -0.659. The number of carbonyl (C=O) groups is 4. The van der Waals surface area contributed by atoms with E-state index in [1.54, 1.807) is 17.3 Å². The Morgan fingerprint density at radius 1 is 0.792 bits per heavy atom. The molecule has 1 aliphatic carbocycles. The number of aromatic amines is 2. The van der Waals surface area contributed by atoms with Crippen LogP contribution >= 0.6 is 0 Å². The first-order valence-electron chi connectivity index (χ1n) is 15.8. The molecule has 14 heteroatoms. The third-order valence-electron chi connectivity index (χ3n) is 8.30. The fourth-order valence-electron chi connectivity index (χ4n) is 5.55. The molecular weight excluding hydrogens is 616 g/mol. The fraction of sp³-hybridized carbons (Fsp3) is 0.353. The predicted molar refractivity (Wildman–Crippen MR) is 177 cm³/mol. The first-order valence-corrected chi connectivity index (χ1v) is 15.8. The number of amides is 4. The molecule has 1 fully saturated rings. The Balaban J connectivity index is 1.20. The average molecular weight is 657 g/mol. The molecule has 4 aromatic rings. The van der Waals surface area contributed by atoms with E-state index < -0.39 is 17.7 Å². The van der Waals surface area contributed by atoms with Gasteiger partial charge in [-0.25, -0.2) is 19.6 Å². The molecule has 0 atom stereocenters. The highest BCUT2D eigenvalue weighted by molar-refractivity contribution is 5.83. The third kappa shape index (κ3) is 8.00. The minimum absolute atomic E-state index is 0.148. The van der Waals surface area contributed by atoms with Crippen molar-refractivity contribution < 1.29 is 28.7 Å². The second-order valence-corrected chi connectivity index (χ2v) is 11.5. The van der Waals surface area contributed by atoms with Crippen molar-refractivity contribution in [3.05, 3.63) is 72.6 Å². The Bertz CT molecular complexity index is 1730. The first-order chi connectivity index (χ1) is 23.2. The van der Waals surface area contributed by atoms with E-state index in [2.05, 4.69) is 45.4 Å². The molecular formula is C34H40N8O6. The number of benzene rings is 2. The Kier molecular flexibility index (Phi) is 10.7. The lowest BCUT2D eigenvalue weighted by atomic mass is 9.76. The number of nitrogens with zero attached hydrogens (tertiary/aromatic N) is 3. The molecule has 0 saturated heterocycles. The minimum Gasteiger partial charge on any atom is -0.453 e. The summed E-state index contributed by atoms with van der Waals surface area (Å²) in [5.41, 5.74) is 5.10. The number of H-pyrrole nitrogens is 2. The molecule has 1 aliphatic rings. The molecule has 0 spiro atoms. The van der Waals surface area contributed by atoms with Gasteiger partial charge in [0.25, 0.3) is 0 Å². The van der Waals surface area contributed by atoms with Crippen molar-refractivity contribution in [2.75, 3.05) is 33.9 Å². The van der Waals surface area contributed by atoms with Crippen LogP contribution in [-0.2, 0) is 31.1 Å². The van der Waals surface area contributed by atoms with Gasteiger partial charge in [-0.15, -0.1) is 0 Å². The summed E-state index contributed by atoms with van der Waals surface area (Å²) in [4.78, 5) is 65.2. The highest BCUT2D eigenvalue weighted by Gasteiger charge is 2.42. The molecule has 2 heterocycles. The van der Waals surface area contributed by atoms with E-state index in [0.717, 1.165) is 59.3 Å². The maximum atomic E-state index is 12.6. The summed E-state index contributed by atoms with van der Waals surface area (Å²) in [6.45, 7) is 2.48. The molecule has 48 heavy (non-hydrogen) atoms. The first kappa shape index (κ1) is 33.7. The van der Waals surface area contributed by atoms with Gasteiger partial charge >= 0.3 is 12.2 Å². The number of hydrogen-bond acceptors (Lipinski definition) is 8. The van der Waals surface area contributed by atoms with E-state index in [1.165, 1.54) is 14.2 Å². The van der Waals surface area contributed by atoms with Gasteiger partial charge in [0.1, 0.15) is 24.7 Å². The molecule has 252 valence electrons. The number of methoxy groups -OCH3 is 2. The largest absolute Gasteiger partial charge is 0.453 e. The molecule has 1 saturated carbocycles.